The third kappa shape index (κ3) is 3.43. The normalized spacial score (nSPS) is 19.1. The highest BCUT2D eigenvalue weighted by Gasteiger charge is 2.30. The van der Waals surface area contributed by atoms with Gasteiger partial charge in [-0.05, 0) is 43.0 Å². The third-order valence-electron chi connectivity index (χ3n) is 3.35. The lowest BCUT2D eigenvalue weighted by molar-refractivity contribution is 0.347. The van der Waals surface area contributed by atoms with Gasteiger partial charge in [0.05, 0.1) is 6.54 Å². The van der Waals surface area contributed by atoms with Crippen LogP contribution in [0.2, 0.25) is 0 Å². The molecule has 1 aliphatic rings. The van der Waals surface area contributed by atoms with Crippen LogP contribution in [0, 0.1) is 0 Å². The summed E-state index contributed by atoms with van der Waals surface area (Å²) in [5.41, 5.74) is 0. The van der Waals surface area contributed by atoms with E-state index >= 15 is 0 Å². The average molecular weight is 366 g/mol. The van der Waals surface area contributed by atoms with E-state index in [0.717, 1.165) is 19.5 Å². The molecule has 1 N–H and O–H groups in total. The van der Waals surface area contributed by atoms with Crippen molar-refractivity contribution in [3.8, 4) is 0 Å². The summed E-state index contributed by atoms with van der Waals surface area (Å²) in [6, 6.07) is 1.59. The molecule has 2 rings (SSSR count). The largest absolute Gasteiger partial charge is 0.452 e. The first-order valence-electron chi connectivity index (χ1n) is 6.56. The summed E-state index contributed by atoms with van der Waals surface area (Å²) >= 11 is 3.21. The first-order valence-corrected chi connectivity index (χ1v) is 8.80. The molecule has 0 aliphatic carbocycles. The predicted octanol–water partition coefficient (Wildman–Crippen LogP) is 1.09. The van der Waals surface area contributed by atoms with Gasteiger partial charge in [-0.2, -0.15) is 4.31 Å². The maximum Gasteiger partial charge on any atom is 0.247 e. The Balaban J connectivity index is 2.25. The van der Waals surface area contributed by atoms with Gasteiger partial charge < -0.3 is 14.6 Å². The Hall–Kier alpha value is -0.410. The molecule has 0 aromatic carbocycles. The fourth-order valence-corrected chi connectivity index (χ4v) is 4.67. The van der Waals surface area contributed by atoms with E-state index in [2.05, 4.69) is 26.1 Å². The summed E-state index contributed by atoms with van der Waals surface area (Å²) in [6.07, 6.45) is 0.842. The minimum atomic E-state index is -3.50. The lowest BCUT2D eigenvalue weighted by atomic mass is 10.4. The number of hydrogen-bond donors (Lipinski definition) is 1. The molecular weight excluding hydrogens is 346 g/mol. The zero-order valence-electron chi connectivity index (χ0n) is 11.7. The van der Waals surface area contributed by atoms with Crippen LogP contribution < -0.4 is 5.32 Å². The number of hydrogen-bond acceptors (Lipinski definition) is 5. The number of furan rings is 1. The minimum absolute atomic E-state index is 0.215. The number of sulfonamides is 1. The lowest BCUT2D eigenvalue weighted by Gasteiger charge is -2.19. The standard InChI is InChI=1S/C12H20BrN3O3S/c1-14-9-10-8-11(12(13)19-10)20(17,18)16-5-3-4-15(2)6-7-16/h8,14H,3-7,9H2,1-2H3. The van der Waals surface area contributed by atoms with Crippen molar-refractivity contribution in [1.29, 1.82) is 0 Å². The van der Waals surface area contributed by atoms with Crippen LogP contribution in [0.1, 0.15) is 12.2 Å². The maximum atomic E-state index is 12.7. The van der Waals surface area contributed by atoms with Gasteiger partial charge in [0.15, 0.2) is 4.67 Å². The van der Waals surface area contributed by atoms with Gasteiger partial charge in [-0.1, -0.05) is 0 Å². The van der Waals surface area contributed by atoms with Gasteiger partial charge in [0, 0.05) is 25.7 Å². The molecular formula is C12H20BrN3O3S. The number of nitrogens with zero attached hydrogens (tertiary/aromatic N) is 2. The molecule has 114 valence electrons. The average Bonchev–Trinajstić information content (AvgIpc) is 2.61. The van der Waals surface area contributed by atoms with Crippen LogP contribution in [0.5, 0.6) is 0 Å². The fourth-order valence-electron chi connectivity index (χ4n) is 2.24. The summed E-state index contributed by atoms with van der Waals surface area (Å²) in [5, 5.41) is 2.94. The smallest absolute Gasteiger partial charge is 0.247 e. The quantitative estimate of drug-likeness (QED) is 0.864. The molecule has 1 aromatic rings. The van der Waals surface area contributed by atoms with Crippen LogP contribution in [-0.2, 0) is 16.6 Å². The van der Waals surface area contributed by atoms with Crippen molar-refractivity contribution < 1.29 is 12.8 Å². The van der Waals surface area contributed by atoms with Crippen molar-refractivity contribution in [3.05, 3.63) is 16.5 Å². The topological polar surface area (TPSA) is 65.8 Å². The second-order valence-electron chi connectivity index (χ2n) is 4.94. The van der Waals surface area contributed by atoms with Crippen LogP contribution in [0.4, 0.5) is 0 Å². The van der Waals surface area contributed by atoms with E-state index in [0.29, 0.717) is 25.4 Å². The van der Waals surface area contributed by atoms with Crippen molar-refractivity contribution >= 4 is 26.0 Å². The van der Waals surface area contributed by atoms with E-state index in [1.54, 1.807) is 13.1 Å². The molecule has 1 aromatic heterocycles. The predicted molar refractivity (Wildman–Crippen MR) is 80.0 cm³/mol. The van der Waals surface area contributed by atoms with Crippen molar-refractivity contribution in [2.24, 2.45) is 0 Å². The maximum absolute atomic E-state index is 12.7. The zero-order chi connectivity index (χ0) is 14.8. The fraction of sp³-hybridized carbons (Fsp3) is 0.667. The van der Waals surface area contributed by atoms with Crippen molar-refractivity contribution in [3.63, 3.8) is 0 Å². The van der Waals surface area contributed by atoms with Crippen LogP contribution in [0.25, 0.3) is 0 Å². The molecule has 0 spiro atoms. The number of rotatable bonds is 4. The van der Waals surface area contributed by atoms with Crippen molar-refractivity contribution in [1.82, 2.24) is 14.5 Å². The molecule has 2 heterocycles. The summed E-state index contributed by atoms with van der Waals surface area (Å²) in [6.45, 7) is 3.22. The molecule has 20 heavy (non-hydrogen) atoms. The third-order valence-corrected chi connectivity index (χ3v) is 6.11. The summed E-state index contributed by atoms with van der Waals surface area (Å²) < 4.78 is 32.6. The second-order valence-corrected chi connectivity index (χ2v) is 7.57. The van der Waals surface area contributed by atoms with Gasteiger partial charge >= 0.3 is 0 Å². The Kier molecular flexibility index (Phi) is 5.25. The molecule has 1 aliphatic heterocycles. The van der Waals surface area contributed by atoms with E-state index in [-0.39, 0.29) is 9.56 Å². The molecule has 0 atom stereocenters. The zero-order valence-corrected chi connectivity index (χ0v) is 14.1. The van der Waals surface area contributed by atoms with Crippen LogP contribution >= 0.6 is 15.9 Å². The monoisotopic (exact) mass is 365 g/mol. The van der Waals surface area contributed by atoms with E-state index < -0.39 is 10.0 Å². The first-order chi connectivity index (χ1) is 9.45. The number of nitrogens with one attached hydrogen (secondary N) is 1. The molecule has 1 fully saturated rings. The van der Waals surface area contributed by atoms with Gasteiger partial charge in [0.2, 0.25) is 10.0 Å². The lowest BCUT2D eigenvalue weighted by Crippen LogP contribution is -2.34. The van der Waals surface area contributed by atoms with Gasteiger partial charge in [-0.25, -0.2) is 8.42 Å². The SMILES string of the molecule is CNCc1cc(S(=O)(=O)N2CCCN(C)CC2)c(Br)o1. The summed E-state index contributed by atoms with van der Waals surface area (Å²) in [4.78, 5) is 2.36. The Morgan fingerprint density at radius 2 is 2.10 bits per heavy atom. The van der Waals surface area contributed by atoms with Gasteiger partial charge in [0.1, 0.15) is 10.7 Å². The Morgan fingerprint density at radius 1 is 1.35 bits per heavy atom. The molecule has 1 saturated heterocycles. The van der Waals surface area contributed by atoms with Crippen LogP contribution in [-0.4, -0.2) is 57.9 Å². The molecule has 0 radical (unpaired) electrons. The molecule has 0 unspecified atom stereocenters. The Labute approximate surface area is 128 Å². The second kappa shape index (κ2) is 6.57. The van der Waals surface area contributed by atoms with E-state index in [1.807, 2.05) is 7.05 Å². The summed E-state index contributed by atoms with van der Waals surface area (Å²) in [5.74, 6) is 0.602. The van der Waals surface area contributed by atoms with Crippen LogP contribution in [0.3, 0.4) is 0 Å². The highest BCUT2D eigenvalue weighted by molar-refractivity contribution is 9.10. The van der Waals surface area contributed by atoms with Gasteiger partial charge in [0.25, 0.3) is 0 Å². The van der Waals surface area contributed by atoms with Crippen LogP contribution in [0.15, 0.2) is 20.0 Å². The van der Waals surface area contributed by atoms with Crippen molar-refractivity contribution in [2.45, 2.75) is 17.9 Å². The van der Waals surface area contributed by atoms with E-state index in [1.165, 1.54) is 4.31 Å². The first kappa shape index (κ1) is 16.0. The molecule has 0 amide bonds. The number of halogens is 1. The Bertz CT molecular complexity index is 558. The van der Waals surface area contributed by atoms with E-state index in [4.69, 9.17) is 4.42 Å². The number of likely N-dealkylation sites (N-methyl/N-ethyl adjacent to an activating group) is 1. The van der Waals surface area contributed by atoms with Crippen molar-refractivity contribution in [2.75, 3.05) is 40.3 Å². The van der Waals surface area contributed by atoms with Gasteiger partial charge in [-0.3, -0.25) is 0 Å². The Morgan fingerprint density at radius 3 is 2.80 bits per heavy atom. The minimum Gasteiger partial charge on any atom is -0.452 e. The highest BCUT2D eigenvalue weighted by Crippen LogP contribution is 2.29. The molecule has 8 heteroatoms. The van der Waals surface area contributed by atoms with Gasteiger partial charge in [-0.15, -0.1) is 0 Å². The highest BCUT2D eigenvalue weighted by atomic mass is 79.9. The molecule has 0 saturated carbocycles. The summed E-state index contributed by atoms with van der Waals surface area (Å²) in [7, 11) is 0.297. The molecule has 6 nitrogen and oxygen atoms in total. The van der Waals surface area contributed by atoms with E-state index in [9.17, 15) is 8.42 Å². The molecule has 0 bridgehead atoms.